The number of carbonyl (C=O) groups excluding carboxylic acids is 3. The summed E-state index contributed by atoms with van der Waals surface area (Å²) in [5, 5.41) is 2.71. The van der Waals surface area contributed by atoms with E-state index in [-0.39, 0.29) is 5.91 Å². The van der Waals surface area contributed by atoms with Gasteiger partial charge in [-0.15, -0.1) is 0 Å². The second-order valence-electron chi connectivity index (χ2n) is 5.51. The average molecular weight is 395 g/mol. The molecule has 0 aromatic rings. The van der Waals surface area contributed by atoms with Gasteiger partial charge >= 0.3 is 11.9 Å². The lowest BCUT2D eigenvalue weighted by Gasteiger charge is -2.16. The van der Waals surface area contributed by atoms with E-state index < -0.39 is 24.0 Å². The fraction of sp³-hybridized carbons (Fsp3) is 0.812. The molecule has 9 heteroatoms. The molecular formula is C16H30N2O5S2. The molecule has 0 aliphatic rings. The molecule has 0 spiro atoms. The Labute approximate surface area is 157 Å². The molecule has 0 heterocycles. The number of unbranched alkanes of at least 4 members (excludes halogenated alkanes) is 4. The standard InChI is InChI=1S/C16H30N2O5S2/c1-4-5-6-7-8-9-14(19)18-13(16(21)23-3)11-25-24-10-12(17)15(20)22-2/h12-13H,4-11,17H2,1-3H3,(H,18,19)/t12?,13-/m0/s1. The van der Waals surface area contributed by atoms with Crippen molar-refractivity contribution in [2.75, 3.05) is 25.7 Å². The molecule has 0 rings (SSSR count). The van der Waals surface area contributed by atoms with Crippen LogP contribution in [0.3, 0.4) is 0 Å². The Morgan fingerprint density at radius 2 is 1.56 bits per heavy atom. The van der Waals surface area contributed by atoms with Crippen molar-refractivity contribution in [1.82, 2.24) is 5.32 Å². The molecule has 0 fully saturated rings. The van der Waals surface area contributed by atoms with Crippen LogP contribution in [0.5, 0.6) is 0 Å². The van der Waals surface area contributed by atoms with Crippen molar-refractivity contribution >= 4 is 39.4 Å². The van der Waals surface area contributed by atoms with Crippen molar-refractivity contribution in [2.45, 2.75) is 57.5 Å². The minimum atomic E-state index is -0.711. The molecule has 0 bridgehead atoms. The van der Waals surface area contributed by atoms with Gasteiger partial charge in [0.15, 0.2) is 0 Å². The van der Waals surface area contributed by atoms with Crippen LogP contribution < -0.4 is 11.1 Å². The predicted octanol–water partition coefficient (Wildman–Crippen LogP) is 1.89. The number of hydrogen-bond acceptors (Lipinski definition) is 8. The number of ether oxygens (including phenoxy) is 2. The first-order chi connectivity index (χ1) is 12.0. The Morgan fingerprint density at radius 1 is 0.960 bits per heavy atom. The Morgan fingerprint density at radius 3 is 2.16 bits per heavy atom. The van der Waals surface area contributed by atoms with E-state index in [9.17, 15) is 14.4 Å². The summed E-state index contributed by atoms with van der Waals surface area (Å²) in [4.78, 5) is 35.0. The average Bonchev–Trinajstić information content (AvgIpc) is 2.62. The largest absolute Gasteiger partial charge is 0.468 e. The summed E-state index contributed by atoms with van der Waals surface area (Å²) in [6.45, 7) is 2.14. The van der Waals surface area contributed by atoms with Gasteiger partial charge in [0.1, 0.15) is 12.1 Å². The third kappa shape index (κ3) is 12.1. The Hall–Kier alpha value is -0.930. The van der Waals surface area contributed by atoms with Gasteiger partial charge in [-0.05, 0) is 6.42 Å². The lowest BCUT2D eigenvalue weighted by molar-refractivity contribution is -0.144. The summed E-state index contributed by atoms with van der Waals surface area (Å²) in [5.41, 5.74) is 5.63. The summed E-state index contributed by atoms with van der Waals surface area (Å²) in [5.74, 6) is -0.411. The monoisotopic (exact) mass is 394 g/mol. The number of nitrogens with one attached hydrogen (secondary N) is 1. The first-order valence-corrected chi connectivity index (χ1v) is 10.9. The number of nitrogens with two attached hydrogens (primary N) is 1. The quantitative estimate of drug-likeness (QED) is 0.261. The van der Waals surface area contributed by atoms with Crippen LogP contribution in [0.25, 0.3) is 0 Å². The molecule has 0 aromatic heterocycles. The van der Waals surface area contributed by atoms with Crippen molar-refractivity contribution in [2.24, 2.45) is 5.73 Å². The highest BCUT2D eigenvalue weighted by Crippen LogP contribution is 2.23. The lowest BCUT2D eigenvalue weighted by Crippen LogP contribution is -2.43. The Bertz CT molecular complexity index is 410. The SMILES string of the molecule is CCCCCCCC(=O)N[C@@H](CSSCC(N)C(=O)OC)C(=O)OC. The zero-order valence-corrected chi connectivity index (χ0v) is 16.9. The minimum absolute atomic E-state index is 0.149. The van der Waals surface area contributed by atoms with Crippen LogP contribution >= 0.6 is 21.6 Å². The Balaban J connectivity index is 4.13. The molecule has 2 atom stereocenters. The smallest absolute Gasteiger partial charge is 0.329 e. The van der Waals surface area contributed by atoms with E-state index in [0.717, 1.165) is 25.7 Å². The van der Waals surface area contributed by atoms with Crippen LogP contribution in [0.4, 0.5) is 0 Å². The molecule has 0 saturated carbocycles. The molecule has 0 aliphatic carbocycles. The maximum atomic E-state index is 12.0. The summed E-state index contributed by atoms with van der Waals surface area (Å²) in [6, 6.07) is -1.42. The molecule has 1 unspecified atom stereocenters. The van der Waals surface area contributed by atoms with Crippen molar-refractivity contribution in [3.63, 3.8) is 0 Å². The third-order valence-corrected chi connectivity index (χ3v) is 5.85. The normalized spacial score (nSPS) is 13.0. The fourth-order valence-electron chi connectivity index (χ4n) is 1.92. The van der Waals surface area contributed by atoms with Crippen LogP contribution in [0.1, 0.15) is 45.4 Å². The van der Waals surface area contributed by atoms with Crippen LogP contribution in [0, 0.1) is 0 Å². The van der Waals surface area contributed by atoms with Gasteiger partial charge in [-0.1, -0.05) is 54.2 Å². The zero-order valence-electron chi connectivity index (χ0n) is 15.2. The van der Waals surface area contributed by atoms with Gasteiger partial charge in [-0.2, -0.15) is 0 Å². The van der Waals surface area contributed by atoms with Crippen LogP contribution in [0.15, 0.2) is 0 Å². The summed E-state index contributed by atoms with van der Waals surface area (Å²) < 4.78 is 9.27. The van der Waals surface area contributed by atoms with E-state index in [4.69, 9.17) is 10.5 Å². The number of rotatable bonds is 14. The van der Waals surface area contributed by atoms with Gasteiger partial charge in [0, 0.05) is 17.9 Å². The summed E-state index contributed by atoms with van der Waals surface area (Å²) >= 11 is 0. The molecule has 0 aromatic carbocycles. The van der Waals surface area contributed by atoms with Gasteiger partial charge in [-0.3, -0.25) is 9.59 Å². The number of methoxy groups -OCH3 is 2. The molecular weight excluding hydrogens is 364 g/mol. The van der Waals surface area contributed by atoms with Crippen molar-refractivity contribution in [3.8, 4) is 0 Å². The molecule has 7 nitrogen and oxygen atoms in total. The van der Waals surface area contributed by atoms with Gasteiger partial charge in [-0.25, -0.2) is 4.79 Å². The van der Waals surface area contributed by atoms with Gasteiger partial charge in [0.2, 0.25) is 5.91 Å². The number of carbonyl (C=O) groups is 3. The van der Waals surface area contributed by atoms with E-state index in [0.29, 0.717) is 17.9 Å². The van der Waals surface area contributed by atoms with E-state index in [1.54, 1.807) is 0 Å². The fourth-order valence-corrected chi connectivity index (χ4v) is 4.18. The van der Waals surface area contributed by atoms with Crippen molar-refractivity contribution < 1.29 is 23.9 Å². The maximum Gasteiger partial charge on any atom is 0.329 e. The molecule has 146 valence electrons. The molecule has 0 saturated heterocycles. The Kier molecular flexibility index (Phi) is 14.8. The maximum absolute atomic E-state index is 12.0. The van der Waals surface area contributed by atoms with Gasteiger partial charge in [0.25, 0.3) is 0 Å². The van der Waals surface area contributed by atoms with E-state index in [1.165, 1.54) is 42.2 Å². The number of hydrogen-bond donors (Lipinski definition) is 2. The zero-order chi connectivity index (χ0) is 19.1. The van der Waals surface area contributed by atoms with E-state index >= 15 is 0 Å². The van der Waals surface area contributed by atoms with Gasteiger partial charge in [0.05, 0.1) is 14.2 Å². The number of esters is 2. The highest BCUT2D eigenvalue weighted by Gasteiger charge is 2.22. The predicted molar refractivity (Wildman–Crippen MR) is 102 cm³/mol. The highest BCUT2D eigenvalue weighted by molar-refractivity contribution is 8.76. The number of amides is 1. The van der Waals surface area contributed by atoms with Crippen LogP contribution in [0.2, 0.25) is 0 Å². The minimum Gasteiger partial charge on any atom is -0.468 e. The van der Waals surface area contributed by atoms with E-state index in [1.807, 2.05) is 0 Å². The van der Waals surface area contributed by atoms with Crippen molar-refractivity contribution in [1.29, 1.82) is 0 Å². The topological polar surface area (TPSA) is 108 Å². The molecule has 0 aliphatic heterocycles. The second-order valence-corrected chi connectivity index (χ2v) is 8.06. The molecule has 25 heavy (non-hydrogen) atoms. The van der Waals surface area contributed by atoms with Crippen molar-refractivity contribution in [3.05, 3.63) is 0 Å². The highest BCUT2D eigenvalue weighted by atomic mass is 33.1. The first kappa shape index (κ1) is 24.1. The summed E-state index contributed by atoms with van der Waals surface area (Å²) in [7, 11) is 5.27. The lowest BCUT2D eigenvalue weighted by atomic mass is 10.1. The molecule has 0 radical (unpaired) electrons. The van der Waals surface area contributed by atoms with Crippen LogP contribution in [-0.2, 0) is 23.9 Å². The van der Waals surface area contributed by atoms with E-state index in [2.05, 4.69) is 17.0 Å². The second kappa shape index (κ2) is 15.3. The first-order valence-electron chi connectivity index (χ1n) is 8.41. The molecule has 3 N–H and O–H groups in total. The van der Waals surface area contributed by atoms with Crippen LogP contribution in [-0.4, -0.2) is 55.7 Å². The van der Waals surface area contributed by atoms with Gasteiger partial charge < -0.3 is 20.5 Å². The third-order valence-electron chi connectivity index (χ3n) is 3.40. The summed E-state index contributed by atoms with van der Waals surface area (Å²) in [6.07, 6.45) is 5.69. The molecule has 1 amide bonds.